The first kappa shape index (κ1) is 12.8. The van der Waals surface area contributed by atoms with Crippen molar-refractivity contribution in [3.8, 4) is 5.75 Å². The Morgan fingerprint density at radius 1 is 1.39 bits per heavy atom. The smallest absolute Gasteiger partial charge is 0.294 e. The van der Waals surface area contributed by atoms with Gasteiger partial charge in [0.15, 0.2) is 0 Å². The van der Waals surface area contributed by atoms with Crippen molar-refractivity contribution < 1.29 is 9.15 Å². The van der Waals surface area contributed by atoms with Gasteiger partial charge in [-0.3, -0.25) is 0 Å². The monoisotopic (exact) mass is 266 g/mol. The van der Waals surface area contributed by atoms with Gasteiger partial charge in [0, 0.05) is 18.5 Å². The summed E-state index contributed by atoms with van der Waals surface area (Å²) in [6.45, 7) is 0. The molecular weight excluding hydrogens is 252 g/mol. The van der Waals surface area contributed by atoms with E-state index in [0.717, 1.165) is 29.9 Å². The highest BCUT2D eigenvalue weighted by atomic mass is 35.5. The lowest BCUT2D eigenvalue weighted by Crippen LogP contribution is -1.95. The average molecular weight is 267 g/mol. The van der Waals surface area contributed by atoms with Crippen molar-refractivity contribution in [2.24, 2.45) is 0 Å². The lowest BCUT2D eigenvalue weighted by molar-refractivity contribution is 0.408. The zero-order valence-electron chi connectivity index (χ0n) is 10.4. The molecule has 0 atom stereocenters. The van der Waals surface area contributed by atoms with E-state index < -0.39 is 0 Å². The fourth-order valence-corrected chi connectivity index (χ4v) is 1.93. The van der Waals surface area contributed by atoms with E-state index in [1.807, 2.05) is 18.2 Å². The highest BCUT2D eigenvalue weighted by Crippen LogP contribution is 2.24. The molecule has 0 saturated carbocycles. The molecule has 5 heteroatoms. The molecule has 1 heterocycles. The summed E-state index contributed by atoms with van der Waals surface area (Å²) in [6.07, 6.45) is 3.27. The van der Waals surface area contributed by atoms with E-state index >= 15 is 0 Å². The predicted molar refractivity (Wildman–Crippen MR) is 71.5 cm³/mol. The molecule has 0 radical (unpaired) electrons. The number of aromatic nitrogens is 1. The number of methoxy groups -OCH3 is 1. The predicted octanol–water partition coefficient (Wildman–Crippen LogP) is 3.16. The third kappa shape index (κ3) is 2.96. The van der Waals surface area contributed by atoms with Gasteiger partial charge in [0.2, 0.25) is 0 Å². The molecule has 0 bridgehead atoms. The molecule has 0 unspecified atom stereocenters. The Labute approximate surface area is 111 Å². The fourth-order valence-electron chi connectivity index (χ4n) is 1.74. The summed E-state index contributed by atoms with van der Waals surface area (Å²) in [6, 6.07) is 6.13. The Kier molecular flexibility index (Phi) is 4.10. The van der Waals surface area contributed by atoms with Crippen LogP contribution in [0.2, 0.25) is 5.02 Å². The second-order valence-corrected chi connectivity index (χ2v) is 4.27. The maximum atomic E-state index is 5.98. The van der Waals surface area contributed by atoms with Crippen LogP contribution in [-0.4, -0.2) is 19.1 Å². The molecular formula is C13H15ClN2O2. The van der Waals surface area contributed by atoms with Crippen molar-refractivity contribution in [3.63, 3.8) is 0 Å². The maximum Gasteiger partial charge on any atom is 0.294 e. The second-order valence-electron chi connectivity index (χ2n) is 3.84. The Balaban J connectivity index is 2.07. The summed E-state index contributed by atoms with van der Waals surface area (Å²) in [5, 5.41) is 3.56. The third-order valence-electron chi connectivity index (χ3n) is 2.65. The summed E-state index contributed by atoms with van der Waals surface area (Å²) in [4.78, 5) is 4.07. The molecule has 0 spiro atoms. The van der Waals surface area contributed by atoms with Crippen LogP contribution in [-0.2, 0) is 12.8 Å². The Morgan fingerprint density at radius 2 is 2.22 bits per heavy atom. The molecule has 0 aliphatic heterocycles. The van der Waals surface area contributed by atoms with Crippen LogP contribution in [0.3, 0.4) is 0 Å². The highest BCUT2D eigenvalue weighted by Gasteiger charge is 2.07. The van der Waals surface area contributed by atoms with E-state index in [1.54, 1.807) is 20.4 Å². The van der Waals surface area contributed by atoms with Gasteiger partial charge in [0.25, 0.3) is 6.01 Å². The minimum Gasteiger partial charge on any atom is -0.496 e. The van der Waals surface area contributed by atoms with Gasteiger partial charge in [-0.05, 0) is 30.2 Å². The standard InChI is InChI=1S/C13H15ClN2O2/c1-15-13-16-8-11(18-13)5-3-9-7-10(14)4-6-12(9)17-2/h4,6-8H,3,5H2,1-2H3,(H,15,16). The molecule has 0 saturated heterocycles. The van der Waals surface area contributed by atoms with E-state index in [2.05, 4.69) is 10.3 Å². The largest absolute Gasteiger partial charge is 0.496 e. The number of hydrogen-bond donors (Lipinski definition) is 1. The van der Waals surface area contributed by atoms with Crippen molar-refractivity contribution in [2.75, 3.05) is 19.5 Å². The number of benzene rings is 1. The van der Waals surface area contributed by atoms with Crippen molar-refractivity contribution in [3.05, 3.63) is 40.7 Å². The number of halogens is 1. The lowest BCUT2D eigenvalue weighted by Gasteiger charge is -2.07. The van der Waals surface area contributed by atoms with Gasteiger partial charge in [-0.1, -0.05) is 11.6 Å². The van der Waals surface area contributed by atoms with Crippen LogP contribution in [0.25, 0.3) is 0 Å². The van der Waals surface area contributed by atoms with E-state index in [-0.39, 0.29) is 0 Å². The summed E-state index contributed by atoms with van der Waals surface area (Å²) < 4.78 is 10.8. The Hall–Kier alpha value is -1.68. The van der Waals surface area contributed by atoms with E-state index in [1.165, 1.54) is 0 Å². The molecule has 2 aromatic rings. The molecule has 2 rings (SSSR count). The van der Waals surface area contributed by atoms with Crippen LogP contribution < -0.4 is 10.1 Å². The van der Waals surface area contributed by atoms with E-state index in [0.29, 0.717) is 11.0 Å². The summed E-state index contributed by atoms with van der Waals surface area (Å²) >= 11 is 5.98. The molecule has 0 fully saturated rings. The van der Waals surface area contributed by atoms with Gasteiger partial charge in [0.1, 0.15) is 11.5 Å². The number of nitrogens with one attached hydrogen (secondary N) is 1. The second kappa shape index (κ2) is 5.78. The van der Waals surface area contributed by atoms with Crippen LogP contribution in [0, 0.1) is 0 Å². The van der Waals surface area contributed by atoms with Crippen LogP contribution in [0.4, 0.5) is 6.01 Å². The van der Waals surface area contributed by atoms with Gasteiger partial charge in [-0.2, -0.15) is 0 Å². The molecule has 96 valence electrons. The van der Waals surface area contributed by atoms with Gasteiger partial charge in [-0.25, -0.2) is 4.98 Å². The number of nitrogens with zero attached hydrogens (tertiary/aromatic N) is 1. The summed E-state index contributed by atoms with van der Waals surface area (Å²) in [5.41, 5.74) is 1.06. The third-order valence-corrected chi connectivity index (χ3v) is 2.89. The van der Waals surface area contributed by atoms with Gasteiger partial charge in [0.05, 0.1) is 13.3 Å². The fraction of sp³-hybridized carbons (Fsp3) is 0.308. The van der Waals surface area contributed by atoms with Gasteiger partial charge < -0.3 is 14.5 Å². The first-order chi connectivity index (χ1) is 8.72. The molecule has 0 amide bonds. The zero-order chi connectivity index (χ0) is 13.0. The number of rotatable bonds is 5. The quantitative estimate of drug-likeness (QED) is 0.903. The minimum absolute atomic E-state index is 0.531. The zero-order valence-corrected chi connectivity index (χ0v) is 11.1. The molecule has 1 aromatic carbocycles. The first-order valence-corrected chi connectivity index (χ1v) is 6.05. The average Bonchev–Trinajstić information content (AvgIpc) is 2.84. The Morgan fingerprint density at radius 3 is 2.89 bits per heavy atom. The van der Waals surface area contributed by atoms with Crippen molar-refractivity contribution in [1.29, 1.82) is 0 Å². The number of ether oxygens (including phenoxy) is 1. The number of hydrogen-bond acceptors (Lipinski definition) is 4. The minimum atomic E-state index is 0.531. The van der Waals surface area contributed by atoms with Gasteiger partial charge >= 0.3 is 0 Å². The topological polar surface area (TPSA) is 47.3 Å². The SMILES string of the molecule is CNc1ncc(CCc2cc(Cl)ccc2OC)o1. The lowest BCUT2D eigenvalue weighted by atomic mass is 10.1. The van der Waals surface area contributed by atoms with E-state index in [4.69, 9.17) is 20.8 Å². The number of oxazole rings is 1. The molecule has 0 aliphatic carbocycles. The van der Waals surface area contributed by atoms with Crippen LogP contribution in [0.1, 0.15) is 11.3 Å². The van der Waals surface area contributed by atoms with Crippen LogP contribution in [0.15, 0.2) is 28.8 Å². The molecule has 1 aromatic heterocycles. The molecule has 0 aliphatic rings. The summed E-state index contributed by atoms with van der Waals surface area (Å²) in [5.74, 6) is 1.68. The van der Waals surface area contributed by atoms with Crippen LogP contribution >= 0.6 is 11.6 Å². The number of anilines is 1. The van der Waals surface area contributed by atoms with Crippen molar-refractivity contribution >= 4 is 17.6 Å². The highest BCUT2D eigenvalue weighted by molar-refractivity contribution is 6.30. The number of aryl methyl sites for hydroxylation is 2. The summed E-state index contributed by atoms with van der Waals surface area (Å²) in [7, 11) is 3.43. The van der Waals surface area contributed by atoms with E-state index in [9.17, 15) is 0 Å². The first-order valence-electron chi connectivity index (χ1n) is 5.68. The van der Waals surface area contributed by atoms with Crippen LogP contribution in [0.5, 0.6) is 5.75 Å². The Bertz CT molecular complexity index is 525. The molecule has 18 heavy (non-hydrogen) atoms. The van der Waals surface area contributed by atoms with Crippen molar-refractivity contribution in [1.82, 2.24) is 4.98 Å². The normalized spacial score (nSPS) is 10.4. The maximum absolute atomic E-state index is 5.98. The van der Waals surface area contributed by atoms with Gasteiger partial charge in [-0.15, -0.1) is 0 Å². The molecule has 4 nitrogen and oxygen atoms in total. The van der Waals surface area contributed by atoms with Crippen molar-refractivity contribution in [2.45, 2.75) is 12.8 Å². The molecule has 1 N–H and O–H groups in total.